The zero-order valence-corrected chi connectivity index (χ0v) is 20.0. The molecule has 0 saturated carbocycles. The molecular weight excluding hydrogens is 515 g/mol. The molecule has 5 nitrogen and oxygen atoms in total. The van der Waals surface area contributed by atoms with Gasteiger partial charge in [-0.2, -0.15) is 8.78 Å². The van der Waals surface area contributed by atoms with Crippen LogP contribution in [0.15, 0.2) is 59.6 Å². The molecule has 170 valence electrons. The van der Waals surface area contributed by atoms with Crippen LogP contribution in [-0.4, -0.2) is 38.9 Å². The van der Waals surface area contributed by atoms with Crippen molar-refractivity contribution in [3.8, 4) is 5.75 Å². The van der Waals surface area contributed by atoms with Crippen molar-refractivity contribution < 1.29 is 18.3 Å². The summed E-state index contributed by atoms with van der Waals surface area (Å²) in [6.07, 6.45) is 1.85. The van der Waals surface area contributed by atoms with E-state index in [1.165, 1.54) is 11.6 Å². The highest BCUT2D eigenvalue weighted by molar-refractivity contribution is 14.0. The van der Waals surface area contributed by atoms with Gasteiger partial charge in [-0.05, 0) is 31.4 Å². The second-order valence-corrected chi connectivity index (χ2v) is 7.29. The summed E-state index contributed by atoms with van der Waals surface area (Å²) in [7, 11) is 0. The van der Waals surface area contributed by atoms with Gasteiger partial charge >= 0.3 is 6.61 Å². The standard InChI is InChI=1S/C23H29F2N3O2.HI/c1-2-26-22(27-16-18-8-6-7-11-20(18)30-21(24)25)28-17-23(12-14-29-15-13-23)19-9-4-3-5-10-19;/h3-11,21H,2,12-17H2,1H3,(H2,26,27,28);1H. The Balaban J connectivity index is 0.00000341. The van der Waals surface area contributed by atoms with E-state index in [9.17, 15) is 8.78 Å². The highest BCUT2D eigenvalue weighted by atomic mass is 127. The molecule has 2 aromatic carbocycles. The minimum absolute atomic E-state index is 0. The minimum atomic E-state index is -2.86. The van der Waals surface area contributed by atoms with Crippen molar-refractivity contribution in [2.75, 3.05) is 26.3 Å². The van der Waals surface area contributed by atoms with Gasteiger partial charge in [0, 0.05) is 37.3 Å². The van der Waals surface area contributed by atoms with Crippen molar-refractivity contribution in [1.29, 1.82) is 0 Å². The van der Waals surface area contributed by atoms with Gasteiger partial charge in [-0.1, -0.05) is 48.5 Å². The molecule has 3 rings (SSSR count). The van der Waals surface area contributed by atoms with Crippen molar-refractivity contribution >= 4 is 29.9 Å². The molecule has 8 heteroatoms. The van der Waals surface area contributed by atoms with Crippen LogP contribution in [0.4, 0.5) is 8.78 Å². The molecule has 31 heavy (non-hydrogen) atoms. The second-order valence-electron chi connectivity index (χ2n) is 7.29. The van der Waals surface area contributed by atoms with Gasteiger partial charge in [0.05, 0.1) is 6.54 Å². The summed E-state index contributed by atoms with van der Waals surface area (Å²) < 4.78 is 35.5. The van der Waals surface area contributed by atoms with E-state index in [1.807, 2.05) is 13.0 Å². The normalized spacial score (nSPS) is 15.8. The molecule has 0 bridgehead atoms. The fraction of sp³-hybridized carbons (Fsp3) is 0.435. The van der Waals surface area contributed by atoms with Gasteiger partial charge in [0.2, 0.25) is 0 Å². The Kier molecular flexibility index (Phi) is 10.5. The van der Waals surface area contributed by atoms with Crippen LogP contribution in [-0.2, 0) is 16.7 Å². The Hall–Kier alpha value is -1.94. The number of ether oxygens (including phenoxy) is 2. The van der Waals surface area contributed by atoms with Crippen LogP contribution in [0, 0.1) is 0 Å². The molecule has 0 spiro atoms. The third-order valence-electron chi connectivity index (χ3n) is 5.37. The number of aliphatic imine (C=N–C) groups is 1. The molecule has 1 saturated heterocycles. The fourth-order valence-corrected chi connectivity index (χ4v) is 3.73. The lowest BCUT2D eigenvalue weighted by molar-refractivity contribution is -0.0504. The Labute approximate surface area is 199 Å². The van der Waals surface area contributed by atoms with Gasteiger partial charge in [0.25, 0.3) is 0 Å². The molecule has 0 unspecified atom stereocenters. The van der Waals surface area contributed by atoms with Crippen molar-refractivity contribution in [2.24, 2.45) is 4.99 Å². The van der Waals surface area contributed by atoms with Crippen LogP contribution in [0.25, 0.3) is 0 Å². The number of hydrogen-bond acceptors (Lipinski definition) is 3. The van der Waals surface area contributed by atoms with Gasteiger partial charge in [-0.3, -0.25) is 0 Å². The van der Waals surface area contributed by atoms with Gasteiger partial charge in [-0.15, -0.1) is 24.0 Å². The third kappa shape index (κ3) is 7.31. The van der Waals surface area contributed by atoms with E-state index < -0.39 is 6.61 Å². The lowest BCUT2D eigenvalue weighted by Crippen LogP contribution is -2.48. The van der Waals surface area contributed by atoms with Crippen molar-refractivity contribution in [3.05, 3.63) is 65.7 Å². The third-order valence-corrected chi connectivity index (χ3v) is 5.37. The average molecular weight is 545 g/mol. The smallest absolute Gasteiger partial charge is 0.387 e. The quantitative estimate of drug-likeness (QED) is 0.287. The molecule has 0 radical (unpaired) electrons. The second kappa shape index (κ2) is 12.8. The van der Waals surface area contributed by atoms with Crippen LogP contribution in [0.1, 0.15) is 30.9 Å². The van der Waals surface area contributed by atoms with Gasteiger partial charge in [0.15, 0.2) is 5.96 Å². The molecule has 1 fully saturated rings. The first-order valence-electron chi connectivity index (χ1n) is 10.3. The van der Waals surface area contributed by atoms with E-state index in [1.54, 1.807) is 18.2 Å². The van der Waals surface area contributed by atoms with Gasteiger partial charge in [-0.25, -0.2) is 4.99 Å². The molecule has 2 N–H and O–H groups in total. The molecule has 2 aromatic rings. The fourth-order valence-electron chi connectivity index (χ4n) is 3.73. The molecular formula is C23H30F2IN3O2. The zero-order chi connectivity index (χ0) is 21.2. The maximum atomic E-state index is 12.7. The van der Waals surface area contributed by atoms with E-state index in [2.05, 4.69) is 44.6 Å². The van der Waals surface area contributed by atoms with Crippen LogP contribution in [0.2, 0.25) is 0 Å². The molecule has 0 amide bonds. The van der Waals surface area contributed by atoms with E-state index in [4.69, 9.17) is 4.74 Å². The highest BCUT2D eigenvalue weighted by Gasteiger charge is 2.34. The van der Waals surface area contributed by atoms with E-state index in [0.717, 1.165) is 26.1 Å². The number of guanidine groups is 1. The van der Waals surface area contributed by atoms with Crippen LogP contribution in [0.3, 0.4) is 0 Å². The number of rotatable bonds is 8. The maximum Gasteiger partial charge on any atom is 0.387 e. The van der Waals surface area contributed by atoms with Crippen molar-refractivity contribution in [2.45, 2.75) is 38.3 Å². The first kappa shape index (κ1) is 25.3. The number of nitrogens with one attached hydrogen (secondary N) is 2. The largest absolute Gasteiger partial charge is 0.434 e. The molecule has 1 aliphatic rings. The first-order valence-corrected chi connectivity index (χ1v) is 10.3. The number of para-hydroxylation sites is 1. The Morgan fingerprint density at radius 1 is 1.06 bits per heavy atom. The summed E-state index contributed by atoms with van der Waals surface area (Å²) in [6, 6.07) is 17.2. The predicted octanol–water partition coefficient (Wildman–Crippen LogP) is 4.71. The number of hydrogen-bond donors (Lipinski definition) is 2. The van der Waals surface area contributed by atoms with Gasteiger partial charge in [0.1, 0.15) is 5.75 Å². The van der Waals surface area contributed by atoms with Crippen molar-refractivity contribution in [3.63, 3.8) is 0 Å². The SMILES string of the molecule is CCNC(=NCc1ccccc1OC(F)F)NCC1(c2ccccc2)CCOCC1.I. The maximum absolute atomic E-state index is 12.7. The molecule has 1 heterocycles. The number of benzene rings is 2. The van der Waals surface area contributed by atoms with Crippen molar-refractivity contribution in [1.82, 2.24) is 10.6 Å². The lowest BCUT2D eigenvalue weighted by atomic mass is 9.74. The summed E-state index contributed by atoms with van der Waals surface area (Å²) in [5.41, 5.74) is 1.86. The van der Waals surface area contributed by atoms with E-state index in [-0.39, 0.29) is 41.7 Å². The van der Waals surface area contributed by atoms with Crippen LogP contribution < -0.4 is 15.4 Å². The molecule has 1 aliphatic heterocycles. The first-order chi connectivity index (χ1) is 14.6. The minimum Gasteiger partial charge on any atom is -0.434 e. The topological polar surface area (TPSA) is 54.9 Å². The summed E-state index contributed by atoms with van der Waals surface area (Å²) in [5, 5.41) is 6.69. The molecule has 0 aliphatic carbocycles. The summed E-state index contributed by atoms with van der Waals surface area (Å²) >= 11 is 0. The Bertz CT molecular complexity index is 815. The summed E-state index contributed by atoms with van der Waals surface area (Å²) in [4.78, 5) is 4.60. The number of alkyl halides is 2. The molecule has 0 atom stereocenters. The number of nitrogens with zero attached hydrogens (tertiary/aromatic N) is 1. The summed E-state index contributed by atoms with van der Waals surface area (Å²) in [5.74, 6) is 0.795. The average Bonchev–Trinajstić information content (AvgIpc) is 2.77. The Morgan fingerprint density at radius 3 is 2.42 bits per heavy atom. The van der Waals surface area contributed by atoms with Crippen LogP contribution >= 0.6 is 24.0 Å². The molecule has 0 aromatic heterocycles. The lowest BCUT2D eigenvalue weighted by Gasteiger charge is -2.38. The number of halogens is 3. The van der Waals surface area contributed by atoms with Gasteiger partial charge < -0.3 is 20.1 Å². The summed E-state index contributed by atoms with van der Waals surface area (Å²) in [6.45, 7) is 2.22. The monoisotopic (exact) mass is 545 g/mol. The van der Waals surface area contributed by atoms with E-state index in [0.29, 0.717) is 24.6 Å². The highest BCUT2D eigenvalue weighted by Crippen LogP contribution is 2.34. The predicted molar refractivity (Wildman–Crippen MR) is 129 cm³/mol. The van der Waals surface area contributed by atoms with Crippen LogP contribution in [0.5, 0.6) is 5.75 Å². The Morgan fingerprint density at radius 2 is 1.74 bits per heavy atom. The van der Waals surface area contributed by atoms with E-state index >= 15 is 0 Å². The zero-order valence-electron chi connectivity index (χ0n) is 17.7.